The van der Waals surface area contributed by atoms with E-state index in [1.54, 1.807) is 36.3 Å². The van der Waals surface area contributed by atoms with Gasteiger partial charge in [0.1, 0.15) is 5.75 Å². The molecule has 0 radical (unpaired) electrons. The van der Waals surface area contributed by atoms with Crippen molar-refractivity contribution in [2.24, 2.45) is 5.92 Å². The first-order chi connectivity index (χ1) is 11.6. The third-order valence-corrected chi connectivity index (χ3v) is 4.47. The fourth-order valence-corrected chi connectivity index (χ4v) is 3.08. The lowest BCUT2D eigenvalue weighted by Gasteiger charge is -2.17. The maximum atomic E-state index is 12.4. The molecule has 0 saturated carbocycles. The van der Waals surface area contributed by atoms with Crippen LogP contribution in [0, 0.1) is 5.92 Å². The van der Waals surface area contributed by atoms with Gasteiger partial charge in [-0.25, -0.2) is 0 Å². The van der Waals surface area contributed by atoms with Crippen molar-refractivity contribution in [3.63, 3.8) is 0 Å². The molecule has 1 aliphatic heterocycles. The van der Waals surface area contributed by atoms with E-state index in [0.717, 1.165) is 15.9 Å². The average molecular weight is 389 g/mol. The first-order valence-electron chi connectivity index (χ1n) is 7.57. The fourth-order valence-electron chi connectivity index (χ4n) is 2.70. The number of benzene rings is 2. The fraction of sp³-hybridized carbons (Fsp3) is 0.222. The summed E-state index contributed by atoms with van der Waals surface area (Å²) in [5.74, 6) is 0.178. The number of ether oxygens (including phenoxy) is 1. The van der Waals surface area contributed by atoms with Gasteiger partial charge in [0.15, 0.2) is 0 Å². The zero-order valence-corrected chi connectivity index (χ0v) is 14.7. The second-order valence-corrected chi connectivity index (χ2v) is 6.52. The monoisotopic (exact) mass is 388 g/mol. The predicted octanol–water partition coefficient (Wildman–Crippen LogP) is 3.45. The van der Waals surface area contributed by atoms with E-state index in [2.05, 4.69) is 21.2 Å². The summed E-state index contributed by atoms with van der Waals surface area (Å²) in [6, 6.07) is 14.6. The molecule has 124 valence electrons. The molecule has 1 fully saturated rings. The Morgan fingerprint density at radius 1 is 1.25 bits per heavy atom. The summed E-state index contributed by atoms with van der Waals surface area (Å²) in [6.45, 7) is 0.386. The highest BCUT2D eigenvalue weighted by atomic mass is 79.9. The van der Waals surface area contributed by atoms with Crippen LogP contribution in [0.1, 0.15) is 6.42 Å². The van der Waals surface area contributed by atoms with Gasteiger partial charge >= 0.3 is 0 Å². The molecule has 3 rings (SSSR count). The van der Waals surface area contributed by atoms with E-state index in [1.807, 2.05) is 24.3 Å². The highest BCUT2D eigenvalue weighted by Crippen LogP contribution is 2.28. The van der Waals surface area contributed by atoms with Crippen molar-refractivity contribution < 1.29 is 14.3 Å². The van der Waals surface area contributed by atoms with E-state index >= 15 is 0 Å². The molecule has 0 aliphatic carbocycles. The Kier molecular flexibility index (Phi) is 4.85. The van der Waals surface area contributed by atoms with Crippen molar-refractivity contribution in [1.82, 2.24) is 0 Å². The second-order valence-electron chi connectivity index (χ2n) is 5.60. The lowest BCUT2D eigenvalue weighted by atomic mass is 10.1. The molecule has 1 aliphatic rings. The Labute approximate surface area is 148 Å². The van der Waals surface area contributed by atoms with Crippen LogP contribution in [0.2, 0.25) is 0 Å². The molecule has 0 aromatic heterocycles. The van der Waals surface area contributed by atoms with Crippen LogP contribution in [-0.4, -0.2) is 25.5 Å². The average Bonchev–Trinajstić information content (AvgIpc) is 2.97. The minimum atomic E-state index is -0.362. The number of hydrogen-bond acceptors (Lipinski definition) is 3. The van der Waals surface area contributed by atoms with Gasteiger partial charge in [0, 0.05) is 28.8 Å². The van der Waals surface area contributed by atoms with Gasteiger partial charge in [-0.05, 0) is 42.5 Å². The van der Waals surface area contributed by atoms with E-state index < -0.39 is 0 Å². The molecule has 5 nitrogen and oxygen atoms in total. The van der Waals surface area contributed by atoms with Crippen molar-refractivity contribution in [3.05, 3.63) is 53.0 Å². The molecule has 2 aromatic carbocycles. The zero-order chi connectivity index (χ0) is 17.1. The van der Waals surface area contributed by atoms with E-state index in [1.165, 1.54) is 0 Å². The molecule has 1 N–H and O–H groups in total. The lowest BCUT2D eigenvalue weighted by Crippen LogP contribution is -2.28. The minimum Gasteiger partial charge on any atom is -0.497 e. The number of carbonyl (C=O) groups is 2. The normalized spacial score (nSPS) is 17.0. The van der Waals surface area contributed by atoms with Crippen LogP contribution in [-0.2, 0) is 9.59 Å². The number of hydrogen-bond donors (Lipinski definition) is 1. The first-order valence-corrected chi connectivity index (χ1v) is 8.37. The quantitative estimate of drug-likeness (QED) is 0.872. The van der Waals surface area contributed by atoms with Crippen LogP contribution in [0.4, 0.5) is 11.4 Å². The summed E-state index contributed by atoms with van der Waals surface area (Å²) in [4.78, 5) is 26.3. The number of nitrogens with one attached hydrogen (secondary N) is 1. The van der Waals surface area contributed by atoms with Crippen molar-refractivity contribution in [3.8, 4) is 5.75 Å². The van der Waals surface area contributed by atoms with Crippen molar-refractivity contribution in [2.75, 3.05) is 23.9 Å². The van der Waals surface area contributed by atoms with Gasteiger partial charge in [-0.2, -0.15) is 0 Å². The van der Waals surface area contributed by atoms with Gasteiger partial charge in [-0.1, -0.05) is 22.0 Å². The zero-order valence-electron chi connectivity index (χ0n) is 13.2. The Morgan fingerprint density at radius 2 is 2.00 bits per heavy atom. The maximum Gasteiger partial charge on any atom is 0.229 e. The molecule has 2 amide bonds. The predicted molar refractivity (Wildman–Crippen MR) is 96.2 cm³/mol. The summed E-state index contributed by atoms with van der Waals surface area (Å²) in [5, 5.41) is 2.86. The highest BCUT2D eigenvalue weighted by Gasteiger charge is 2.35. The van der Waals surface area contributed by atoms with Gasteiger partial charge in [-0.3, -0.25) is 9.59 Å². The molecule has 1 atom stereocenters. The highest BCUT2D eigenvalue weighted by molar-refractivity contribution is 9.10. The van der Waals surface area contributed by atoms with E-state index in [0.29, 0.717) is 12.2 Å². The summed E-state index contributed by atoms with van der Waals surface area (Å²) in [7, 11) is 1.59. The standard InChI is InChI=1S/C18H17BrN2O3/c1-24-16-7-5-14(6-8-16)20-18(23)12-9-17(22)21(11-12)15-4-2-3-13(19)10-15/h2-8,10,12H,9,11H2,1H3,(H,20,23). The van der Waals surface area contributed by atoms with Gasteiger partial charge in [-0.15, -0.1) is 0 Å². The molecule has 6 heteroatoms. The van der Waals surface area contributed by atoms with E-state index in [-0.39, 0.29) is 24.2 Å². The molecular formula is C18H17BrN2O3. The summed E-state index contributed by atoms with van der Waals surface area (Å²) < 4.78 is 5.99. The number of rotatable bonds is 4. The Hall–Kier alpha value is -2.34. The summed E-state index contributed by atoms with van der Waals surface area (Å²) in [5.41, 5.74) is 1.49. The maximum absolute atomic E-state index is 12.4. The van der Waals surface area contributed by atoms with E-state index in [9.17, 15) is 9.59 Å². The Bertz CT molecular complexity index is 761. The van der Waals surface area contributed by atoms with Crippen LogP contribution in [0.15, 0.2) is 53.0 Å². The van der Waals surface area contributed by atoms with Crippen molar-refractivity contribution in [2.45, 2.75) is 6.42 Å². The van der Waals surface area contributed by atoms with Crippen LogP contribution < -0.4 is 15.0 Å². The molecule has 0 bridgehead atoms. The van der Waals surface area contributed by atoms with Gasteiger partial charge < -0.3 is 15.0 Å². The lowest BCUT2D eigenvalue weighted by molar-refractivity contribution is -0.122. The minimum absolute atomic E-state index is 0.0389. The van der Waals surface area contributed by atoms with Crippen LogP contribution in [0.5, 0.6) is 5.75 Å². The number of amides is 2. The van der Waals surface area contributed by atoms with Crippen LogP contribution in [0.25, 0.3) is 0 Å². The molecule has 1 heterocycles. The largest absolute Gasteiger partial charge is 0.497 e. The number of methoxy groups -OCH3 is 1. The third-order valence-electron chi connectivity index (χ3n) is 3.97. The smallest absolute Gasteiger partial charge is 0.229 e. The molecular weight excluding hydrogens is 372 g/mol. The van der Waals surface area contributed by atoms with Gasteiger partial charge in [0.2, 0.25) is 11.8 Å². The summed E-state index contributed by atoms with van der Waals surface area (Å²) in [6.07, 6.45) is 0.217. The molecule has 1 unspecified atom stereocenters. The van der Waals surface area contributed by atoms with Crippen molar-refractivity contribution >= 4 is 39.1 Å². The number of anilines is 2. The van der Waals surface area contributed by atoms with Crippen LogP contribution >= 0.6 is 15.9 Å². The third kappa shape index (κ3) is 3.59. The Balaban J connectivity index is 1.67. The molecule has 1 saturated heterocycles. The Morgan fingerprint density at radius 3 is 2.67 bits per heavy atom. The SMILES string of the molecule is COc1ccc(NC(=O)C2CC(=O)N(c3cccc(Br)c3)C2)cc1. The second kappa shape index (κ2) is 7.05. The number of nitrogens with zero attached hydrogens (tertiary/aromatic N) is 1. The van der Waals surface area contributed by atoms with Gasteiger partial charge in [0.25, 0.3) is 0 Å². The summed E-state index contributed by atoms with van der Waals surface area (Å²) >= 11 is 3.40. The number of halogens is 1. The van der Waals surface area contributed by atoms with Crippen LogP contribution in [0.3, 0.4) is 0 Å². The molecule has 2 aromatic rings. The topological polar surface area (TPSA) is 58.6 Å². The molecule has 0 spiro atoms. The first kappa shape index (κ1) is 16.5. The number of carbonyl (C=O) groups excluding carboxylic acids is 2. The van der Waals surface area contributed by atoms with Crippen molar-refractivity contribution in [1.29, 1.82) is 0 Å². The van der Waals surface area contributed by atoms with Gasteiger partial charge in [0.05, 0.1) is 13.0 Å². The van der Waals surface area contributed by atoms with E-state index in [4.69, 9.17) is 4.74 Å². The molecule has 24 heavy (non-hydrogen) atoms.